The fraction of sp³-hybridized carbons (Fsp3) is 0.462. The number of amidine groups is 1. The van der Waals surface area contributed by atoms with Crippen LogP contribution < -0.4 is 5.32 Å². The molecule has 4 nitrogen and oxygen atoms in total. The predicted molar refractivity (Wildman–Crippen MR) is 65.2 cm³/mol. The third kappa shape index (κ3) is 2.33. The molecule has 0 bridgehead atoms. The van der Waals surface area contributed by atoms with Crippen molar-refractivity contribution in [3.05, 3.63) is 35.9 Å². The topological polar surface area (TPSA) is 42.8 Å². The van der Waals surface area contributed by atoms with E-state index in [1.165, 1.54) is 5.56 Å². The van der Waals surface area contributed by atoms with Crippen LogP contribution >= 0.6 is 0 Å². The Bertz CT molecular complexity index is 397. The molecule has 0 aliphatic carbocycles. The molecule has 1 fully saturated rings. The summed E-state index contributed by atoms with van der Waals surface area (Å²) >= 11 is 0. The van der Waals surface area contributed by atoms with E-state index in [1.807, 2.05) is 18.2 Å². The molecule has 1 aromatic carbocycles. The van der Waals surface area contributed by atoms with Crippen LogP contribution in [0.1, 0.15) is 11.7 Å². The molecule has 2 aliphatic heterocycles. The molecule has 0 saturated carbocycles. The number of nitrogens with zero attached hydrogens (tertiary/aromatic N) is 1. The molecule has 2 heterocycles. The van der Waals surface area contributed by atoms with Crippen LogP contribution in [0.15, 0.2) is 35.3 Å². The first kappa shape index (κ1) is 10.7. The second-order valence-corrected chi connectivity index (χ2v) is 4.25. The minimum Gasteiger partial charge on any atom is -0.370 e. The van der Waals surface area contributed by atoms with Crippen molar-refractivity contribution in [2.75, 3.05) is 26.3 Å². The third-order valence-corrected chi connectivity index (χ3v) is 3.07. The summed E-state index contributed by atoms with van der Waals surface area (Å²) in [4.78, 5) is 4.36. The number of benzene rings is 1. The van der Waals surface area contributed by atoms with Crippen molar-refractivity contribution < 1.29 is 9.47 Å². The maximum absolute atomic E-state index is 5.84. The summed E-state index contributed by atoms with van der Waals surface area (Å²) in [5.74, 6) is 0.941. The molecule has 0 spiro atoms. The lowest BCUT2D eigenvalue weighted by Gasteiger charge is -2.29. The summed E-state index contributed by atoms with van der Waals surface area (Å²) in [7, 11) is 0. The van der Waals surface area contributed by atoms with E-state index in [1.54, 1.807) is 0 Å². The van der Waals surface area contributed by atoms with Crippen LogP contribution in [0, 0.1) is 0 Å². The van der Waals surface area contributed by atoms with Crippen molar-refractivity contribution in [2.45, 2.75) is 12.2 Å². The second-order valence-electron chi connectivity index (χ2n) is 4.25. The molecular formula is C13H16N2O2. The van der Waals surface area contributed by atoms with E-state index < -0.39 is 0 Å². The molecule has 0 aromatic heterocycles. The fourth-order valence-electron chi connectivity index (χ4n) is 2.15. The lowest BCUT2D eigenvalue weighted by atomic mass is 10.1. The third-order valence-electron chi connectivity index (χ3n) is 3.07. The summed E-state index contributed by atoms with van der Waals surface area (Å²) < 4.78 is 11.7. The van der Waals surface area contributed by atoms with Gasteiger partial charge in [-0.05, 0) is 5.56 Å². The first-order valence-electron chi connectivity index (χ1n) is 6.00. The molecule has 1 aromatic rings. The van der Waals surface area contributed by atoms with E-state index in [2.05, 4.69) is 22.4 Å². The number of hydrogen-bond acceptors (Lipinski definition) is 4. The number of hydrogen-bond donors (Lipinski definition) is 1. The summed E-state index contributed by atoms with van der Waals surface area (Å²) in [6.45, 7) is 2.93. The molecule has 17 heavy (non-hydrogen) atoms. The van der Waals surface area contributed by atoms with Crippen molar-refractivity contribution >= 4 is 5.84 Å². The van der Waals surface area contributed by atoms with Gasteiger partial charge in [0.1, 0.15) is 18.0 Å². The van der Waals surface area contributed by atoms with Gasteiger partial charge in [0.25, 0.3) is 0 Å². The summed E-state index contributed by atoms with van der Waals surface area (Å²) in [5.41, 5.74) is 1.17. The highest BCUT2D eigenvalue weighted by molar-refractivity contribution is 5.88. The molecule has 0 amide bonds. The molecule has 90 valence electrons. The van der Waals surface area contributed by atoms with Crippen LogP contribution in [0.4, 0.5) is 0 Å². The van der Waals surface area contributed by atoms with E-state index in [4.69, 9.17) is 9.47 Å². The second kappa shape index (κ2) is 4.85. The van der Waals surface area contributed by atoms with Crippen LogP contribution in [0.2, 0.25) is 0 Å². The molecule has 2 aliphatic rings. The van der Waals surface area contributed by atoms with Crippen LogP contribution in [-0.4, -0.2) is 38.2 Å². The Hall–Kier alpha value is -1.39. The fourth-order valence-corrected chi connectivity index (χ4v) is 2.15. The standard InChI is InChI=1S/C13H16N2O2/c1-2-4-10(5-3-1)11-8-17-12(9-16-11)13-14-6-7-15-13/h1-5,11-12H,6-9H2,(H,14,15)/t11-,12-/m0/s1. The SMILES string of the molecule is c1ccc([C@@H]2CO[C@H](C3=NCCN3)CO2)cc1. The lowest BCUT2D eigenvalue weighted by molar-refractivity contribution is -0.112. The van der Waals surface area contributed by atoms with Gasteiger partial charge in [-0.2, -0.15) is 0 Å². The molecule has 2 atom stereocenters. The smallest absolute Gasteiger partial charge is 0.138 e. The normalized spacial score (nSPS) is 28.6. The highest BCUT2D eigenvalue weighted by atomic mass is 16.6. The molecule has 4 heteroatoms. The highest BCUT2D eigenvalue weighted by Crippen LogP contribution is 2.23. The quantitative estimate of drug-likeness (QED) is 0.831. The van der Waals surface area contributed by atoms with Crippen molar-refractivity contribution in [1.82, 2.24) is 5.32 Å². The minimum atomic E-state index is -0.0162. The van der Waals surface area contributed by atoms with E-state index in [-0.39, 0.29) is 12.2 Å². The van der Waals surface area contributed by atoms with E-state index in [0.29, 0.717) is 13.2 Å². The Labute approximate surface area is 101 Å². The van der Waals surface area contributed by atoms with E-state index in [0.717, 1.165) is 18.9 Å². The van der Waals surface area contributed by atoms with Crippen LogP contribution in [0.25, 0.3) is 0 Å². The van der Waals surface area contributed by atoms with E-state index in [9.17, 15) is 0 Å². The molecular weight excluding hydrogens is 216 g/mol. The average molecular weight is 232 g/mol. The largest absolute Gasteiger partial charge is 0.370 e. The summed E-state index contributed by atoms with van der Waals surface area (Å²) in [5, 5.41) is 3.23. The van der Waals surface area contributed by atoms with Gasteiger partial charge in [-0.25, -0.2) is 0 Å². The zero-order valence-electron chi connectivity index (χ0n) is 9.63. The first-order chi connectivity index (χ1) is 8.43. The maximum Gasteiger partial charge on any atom is 0.138 e. The van der Waals surface area contributed by atoms with Crippen LogP contribution in [0.3, 0.4) is 0 Å². The Kier molecular flexibility index (Phi) is 3.07. The van der Waals surface area contributed by atoms with Crippen molar-refractivity contribution in [2.24, 2.45) is 4.99 Å². The predicted octanol–water partition coefficient (Wildman–Crippen LogP) is 1.14. The Morgan fingerprint density at radius 2 is 1.82 bits per heavy atom. The van der Waals surface area contributed by atoms with Gasteiger partial charge in [0.2, 0.25) is 0 Å². The lowest BCUT2D eigenvalue weighted by Crippen LogP contribution is -2.41. The van der Waals surface area contributed by atoms with Gasteiger partial charge in [-0.3, -0.25) is 4.99 Å². The minimum absolute atomic E-state index is 0.0162. The van der Waals surface area contributed by atoms with Crippen molar-refractivity contribution in [3.8, 4) is 0 Å². The van der Waals surface area contributed by atoms with Crippen LogP contribution in [0.5, 0.6) is 0 Å². The number of rotatable bonds is 2. The molecule has 1 N–H and O–H groups in total. The van der Waals surface area contributed by atoms with Gasteiger partial charge in [-0.1, -0.05) is 30.3 Å². The Morgan fingerprint density at radius 3 is 2.47 bits per heavy atom. The van der Waals surface area contributed by atoms with E-state index >= 15 is 0 Å². The highest BCUT2D eigenvalue weighted by Gasteiger charge is 2.27. The van der Waals surface area contributed by atoms with Gasteiger partial charge in [0.05, 0.1) is 19.8 Å². The monoisotopic (exact) mass is 232 g/mol. The van der Waals surface area contributed by atoms with Crippen molar-refractivity contribution in [3.63, 3.8) is 0 Å². The Morgan fingerprint density at radius 1 is 1.06 bits per heavy atom. The van der Waals surface area contributed by atoms with Gasteiger partial charge in [-0.15, -0.1) is 0 Å². The van der Waals surface area contributed by atoms with Gasteiger partial charge in [0, 0.05) is 6.54 Å². The molecule has 3 rings (SSSR count). The molecule has 0 radical (unpaired) electrons. The molecule has 0 unspecified atom stereocenters. The summed E-state index contributed by atoms with van der Waals surface area (Å²) in [6, 6.07) is 10.2. The van der Waals surface area contributed by atoms with Gasteiger partial charge >= 0.3 is 0 Å². The van der Waals surface area contributed by atoms with Crippen molar-refractivity contribution in [1.29, 1.82) is 0 Å². The Balaban J connectivity index is 1.61. The van der Waals surface area contributed by atoms with Crippen LogP contribution in [-0.2, 0) is 9.47 Å². The van der Waals surface area contributed by atoms with Gasteiger partial charge < -0.3 is 14.8 Å². The number of ether oxygens (including phenoxy) is 2. The van der Waals surface area contributed by atoms with Gasteiger partial charge in [0.15, 0.2) is 0 Å². The first-order valence-corrected chi connectivity index (χ1v) is 6.00. The average Bonchev–Trinajstić information content (AvgIpc) is 2.94. The maximum atomic E-state index is 5.84. The summed E-state index contributed by atoms with van der Waals surface area (Å²) in [6.07, 6.45) is 0.0342. The number of nitrogens with one attached hydrogen (secondary N) is 1. The molecule has 1 saturated heterocycles. The number of aliphatic imine (C=N–C) groups is 1. The zero-order chi connectivity index (χ0) is 11.5. The zero-order valence-corrected chi connectivity index (χ0v) is 9.63.